The van der Waals surface area contributed by atoms with E-state index in [1.807, 2.05) is 6.07 Å². The van der Waals surface area contributed by atoms with E-state index in [2.05, 4.69) is 64.1 Å². The Labute approximate surface area is 138 Å². The molecule has 1 nitrogen and oxygen atoms in total. The molecule has 116 valence electrons. The minimum atomic E-state index is 0.952. The summed E-state index contributed by atoms with van der Waals surface area (Å²) in [6, 6.07) is 10.7. The van der Waals surface area contributed by atoms with E-state index in [-0.39, 0.29) is 0 Å². The van der Waals surface area contributed by atoms with Gasteiger partial charge in [0.1, 0.15) is 0 Å². The Bertz CT molecular complexity index is 851. The number of allylic oxidation sites excluding steroid dienone is 4. The van der Waals surface area contributed by atoms with Crippen LogP contribution in [0.4, 0.5) is 0 Å². The molecule has 0 fully saturated rings. The lowest BCUT2D eigenvalue weighted by Gasteiger charge is -2.18. The van der Waals surface area contributed by atoms with Crippen molar-refractivity contribution in [3.63, 3.8) is 0 Å². The first-order valence-electron chi connectivity index (χ1n) is 8.12. The Hall–Kier alpha value is -2.41. The maximum atomic E-state index is 7.84. The number of hydrogen-bond donors (Lipinski definition) is 1. The predicted octanol–water partition coefficient (Wildman–Crippen LogP) is 6.01. The molecule has 0 aliphatic heterocycles. The number of aryl methyl sites for hydroxylation is 1. The van der Waals surface area contributed by atoms with Crippen LogP contribution in [0.1, 0.15) is 41.2 Å². The van der Waals surface area contributed by atoms with Gasteiger partial charge in [0.2, 0.25) is 0 Å². The Kier molecular flexibility index (Phi) is 4.04. The zero-order chi connectivity index (χ0) is 16.6. The lowest BCUT2D eigenvalue weighted by atomic mass is 9.85. The third-order valence-corrected chi connectivity index (χ3v) is 5.07. The summed E-state index contributed by atoms with van der Waals surface area (Å²) >= 11 is 0. The van der Waals surface area contributed by atoms with Crippen LogP contribution in [0, 0.1) is 26.2 Å². The highest BCUT2D eigenvalue weighted by atomic mass is 14.3. The average Bonchev–Trinajstić information content (AvgIpc) is 2.98. The molecule has 3 rings (SSSR count). The van der Waals surface area contributed by atoms with Gasteiger partial charge in [0.25, 0.3) is 0 Å². The highest BCUT2D eigenvalue weighted by molar-refractivity contribution is 5.96. The molecule has 1 aliphatic carbocycles. The second-order valence-electron chi connectivity index (χ2n) is 6.36. The van der Waals surface area contributed by atoms with Gasteiger partial charge in [-0.25, -0.2) is 0 Å². The molecule has 2 aromatic rings. The number of nitrogens with one attached hydrogen (secondary N) is 1. The summed E-state index contributed by atoms with van der Waals surface area (Å²) < 4.78 is 0. The third kappa shape index (κ3) is 2.57. The van der Waals surface area contributed by atoms with Crippen LogP contribution in [0.25, 0.3) is 16.7 Å². The van der Waals surface area contributed by atoms with Gasteiger partial charge in [0, 0.05) is 11.8 Å². The van der Waals surface area contributed by atoms with E-state index in [9.17, 15) is 0 Å². The second-order valence-corrected chi connectivity index (χ2v) is 6.36. The summed E-state index contributed by atoms with van der Waals surface area (Å²) in [5, 5.41) is 7.84. The largest absolute Gasteiger partial charge is 0.308 e. The smallest absolute Gasteiger partial charge is 0.0256 e. The van der Waals surface area contributed by atoms with E-state index in [0.29, 0.717) is 0 Å². The molecule has 0 unspecified atom stereocenters. The van der Waals surface area contributed by atoms with Crippen molar-refractivity contribution >= 4 is 11.8 Å². The zero-order valence-corrected chi connectivity index (χ0v) is 14.3. The van der Waals surface area contributed by atoms with Gasteiger partial charge in [0.05, 0.1) is 0 Å². The van der Waals surface area contributed by atoms with Crippen molar-refractivity contribution in [2.45, 2.75) is 34.1 Å². The summed E-state index contributed by atoms with van der Waals surface area (Å²) in [5.74, 6) is 0. The van der Waals surface area contributed by atoms with Gasteiger partial charge in [0.15, 0.2) is 0 Å². The quantitative estimate of drug-likeness (QED) is 0.671. The fraction of sp³-hybridized carbons (Fsp3) is 0.227. The minimum Gasteiger partial charge on any atom is -0.308 e. The molecule has 0 atom stereocenters. The van der Waals surface area contributed by atoms with Gasteiger partial charge in [-0.3, -0.25) is 0 Å². The molecule has 1 N–H and O–H groups in total. The number of benzene rings is 2. The van der Waals surface area contributed by atoms with Crippen LogP contribution >= 0.6 is 0 Å². The normalized spacial score (nSPS) is 13.7. The molecule has 0 heterocycles. The van der Waals surface area contributed by atoms with Crippen LogP contribution < -0.4 is 0 Å². The second kappa shape index (κ2) is 6.00. The predicted molar refractivity (Wildman–Crippen MR) is 100 cm³/mol. The van der Waals surface area contributed by atoms with Crippen molar-refractivity contribution in [2.75, 3.05) is 0 Å². The maximum absolute atomic E-state index is 7.84. The first kappa shape index (κ1) is 15.5. The van der Waals surface area contributed by atoms with Crippen LogP contribution in [-0.4, -0.2) is 6.21 Å². The molecule has 0 amide bonds. The summed E-state index contributed by atoms with van der Waals surface area (Å²) in [6.07, 6.45) is 6.83. The number of rotatable bonds is 3. The van der Waals surface area contributed by atoms with E-state index >= 15 is 0 Å². The summed E-state index contributed by atoms with van der Waals surface area (Å²) in [6.45, 7) is 8.72. The van der Waals surface area contributed by atoms with Crippen LogP contribution in [0.3, 0.4) is 0 Å². The van der Waals surface area contributed by atoms with Gasteiger partial charge in [-0.1, -0.05) is 42.5 Å². The summed E-state index contributed by atoms with van der Waals surface area (Å²) in [5.41, 5.74) is 11.4. The van der Waals surface area contributed by atoms with Gasteiger partial charge < -0.3 is 5.41 Å². The van der Waals surface area contributed by atoms with Crippen LogP contribution in [0.15, 0.2) is 48.1 Å². The van der Waals surface area contributed by atoms with Crippen molar-refractivity contribution < 1.29 is 0 Å². The third-order valence-electron chi connectivity index (χ3n) is 5.07. The molecule has 1 aliphatic rings. The molecule has 0 bridgehead atoms. The fourth-order valence-corrected chi connectivity index (χ4v) is 3.41. The van der Waals surface area contributed by atoms with Crippen molar-refractivity contribution in [3.8, 4) is 11.1 Å². The fourth-order valence-electron chi connectivity index (χ4n) is 3.41. The Morgan fingerprint density at radius 2 is 1.70 bits per heavy atom. The topological polar surface area (TPSA) is 23.9 Å². The maximum Gasteiger partial charge on any atom is 0.0256 e. The summed E-state index contributed by atoms with van der Waals surface area (Å²) in [4.78, 5) is 0. The van der Waals surface area contributed by atoms with Crippen LogP contribution in [0.2, 0.25) is 0 Å². The molecule has 2 aromatic carbocycles. The molecule has 0 saturated carbocycles. The van der Waals surface area contributed by atoms with Crippen LogP contribution in [-0.2, 0) is 0 Å². The highest BCUT2D eigenvalue weighted by Crippen LogP contribution is 2.39. The van der Waals surface area contributed by atoms with E-state index in [1.54, 1.807) is 0 Å². The lowest BCUT2D eigenvalue weighted by molar-refractivity contribution is 1.26. The minimum absolute atomic E-state index is 0.952. The van der Waals surface area contributed by atoms with E-state index < -0.39 is 0 Å². The van der Waals surface area contributed by atoms with E-state index in [1.165, 1.54) is 50.7 Å². The Morgan fingerprint density at radius 3 is 2.35 bits per heavy atom. The average molecular weight is 301 g/mol. The van der Waals surface area contributed by atoms with E-state index in [4.69, 9.17) is 5.41 Å². The molecule has 0 saturated heterocycles. The van der Waals surface area contributed by atoms with Gasteiger partial charge >= 0.3 is 0 Å². The SMILES string of the molecule is CC1=C(c2c(C=N)cccc2-c2ccc(C)c(C)c2C)CC=C1. The van der Waals surface area contributed by atoms with Crippen molar-refractivity contribution in [1.82, 2.24) is 0 Å². The molecule has 0 spiro atoms. The first-order valence-corrected chi connectivity index (χ1v) is 8.12. The number of hydrogen-bond acceptors (Lipinski definition) is 1. The molecule has 0 radical (unpaired) electrons. The molecular weight excluding hydrogens is 278 g/mol. The summed E-state index contributed by atoms with van der Waals surface area (Å²) in [7, 11) is 0. The highest BCUT2D eigenvalue weighted by Gasteiger charge is 2.18. The Balaban J connectivity index is 2.32. The molecule has 0 aromatic heterocycles. The van der Waals surface area contributed by atoms with Gasteiger partial charge in [-0.15, -0.1) is 0 Å². The first-order chi connectivity index (χ1) is 11.0. The van der Waals surface area contributed by atoms with E-state index in [0.717, 1.165) is 12.0 Å². The monoisotopic (exact) mass is 301 g/mol. The zero-order valence-electron chi connectivity index (χ0n) is 14.3. The molecular formula is C22H23N. The lowest BCUT2D eigenvalue weighted by Crippen LogP contribution is -1.99. The van der Waals surface area contributed by atoms with Crippen molar-refractivity contribution in [1.29, 1.82) is 5.41 Å². The Morgan fingerprint density at radius 1 is 0.913 bits per heavy atom. The van der Waals surface area contributed by atoms with Gasteiger partial charge in [-0.05, 0) is 78.6 Å². The van der Waals surface area contributed by atoms with Crippen LogP contribution in [0.5, 0.6) is 0 Å². The molecule has 23 heavy (non-hydrogen) atoms. The molecule has 1 heteroatoms. The van der Waals surface area contributed by atoms with Crippen molar-refractivity contribution in [2.24, 2.45) is 0 Å². The van der Waals surface area contributed by atoms with Crippen molar-refractivity contribution in [3.05, 3.63) is 75.9 Å². The standard InChI is InChI=1S/C22H23N/c1-14-11-12-20(17(4)16(14)3)21-10-6-8-18(13-23)22(21)19-9-5-7-15(19)2/h5-8,10-13,23H,9H2,1-4H3. The van der Waals surface area contributed by atoms with Gasteiger partial charge in [-0.2, -0.15) is 0 Å².